The fraction of sp³-hybridized carbons (Fsp3) is 0.389. The van der Waals surface area contributed by atoms with Crippen LogP contribution in [0.2, 0.25) is 10.0 Å². The summed E-state index contributed by atoms with van der Waals surface area (Å²) in [7, 11) is -3.91. The SMILES string of the molecule is O=C(O)CC(NC(=O)C1=CC2(CCN(S(=O)(=O)c3cc(Cl)ccc3Cl)CC2)ON1)C(=O)O. The normalized spacial score (nSPS) is 19.1. The fourth-order valence-electron chi connectivity index (χ4n) is 3.37. The van der Waals surface area contributed by atoms with Gasteiger partial charge in [0.1, 0.15) is 22.2 Å². The summed E-state index contributed by atoms with van der Waals surface area (Å²) in [6.45, 7) is 0.129. The predicted octanol–water partition coefficient (Wildman–Crippen LogP) is 0.979. The van der Waals surface area contributed by atoms with E-state index in [9.17, 15) is 22.8 Å². The highest BCUT2D eigenvalue weighted by Crippen LogP contribution is 2.35. The number of amides is 1. The van der Waals surface area contributed by atoms with Gasteiger partial charge in [-0.05, 0) is 37.1 Å². The maximum atomic E-state index is 13.0. The van der Waals surface area contributed by atoms with Crippen LogP contribution in [0.1, 0.15) is 19.3 Å². The summed E-state index contributed by atoms with van der Waals surface area (Å²) in [6, 6.07) is 2.53. The maximum Gasteiger partial charge on any atom is 0.326 e. The van der Waals surface area contributed by atoms with Crippen molar-refractivity contribution in [1.82, 2.24) is 15.1 Å². The van der Waals surface area contributed by atoms with Gasteiger partial charge in [0.15, 0.2) is 0 Å². The largest absolute Gasteiger partial charge is 0.481 e. The van der Waals surface area contributed by atoms with Crippen molar-refractivity contribution < 1.29 is 37.9 Å². The van der Waals surface area contributed by atoms with Crippen molar-refractivity contribution in [2.45, 2.75) is 35.8 Å². The van der Waals surface area contributed by atoms with E-state index in [0.717, 1.165) is 0 Å². The van der Waals surface area contributed by atoms with Crippen LogP contribution in [0.5, 0.6) is 0 Å². The Morgan fingerprint density at radius 3 is 2.47 bits per heavy atom. The predicted molar refractivity (Wildman–Crippen MR) is 111 cm³/mol. The third-order valence-corrected chi connectivity index (χ3v) is 7.69. The van der Waals surface area contributed by atoms with Crippen molar-refractivity contribution in [2.75, 3.05) is 13.1 Å². The number of carboxylic acids is 2. The molecule has 3 rings (SSSR count). The van der Waals surface area contributed by atoms with E-state index in [1.807, 2.05) is 0 Å². The number of carbonyl (C=O) groups excluding carboxylic acids is 1. The zero-order valence-electron chi connectivity index (χ0n) is 16.4. The number of nitrogens with zero attached hydrogens (tertiary/aromatic N) is 1. The van der Waals surface area contributed by atoms with Crippen LogP contribution in [0.3, 0.4) is 0 Å². The molecule has 1 fully saturated rings. The molecular formula is C18H19Cl2N3O8S. The first-order valence-corrected chi connectivity index (χ1v) is 11.5. The Balaban J connectivity index is 1.69. The Morgan fingerprint density at radius 1 is 1.22 bits per heavy atom. The summed E-state index contributed by atoms with van der Waals surface area (Å²) in [6.07, 6.45) is 1.05. The Bertz CT molecular complexity index is 1080. The van der Waals surface area contributed by atoms with Crippen LogP contribution in [0.4, 0.5) is 0 Å². The van der Waals surface area contributed by atoms with Gasteiger partial charge in [-0.3, -0.25) is 19.9 Å². The van der Waals surface area contributed by atoms with Crippen LogP contribution in [0.25, 0.3) is 0 Å². The molecule has 1 saturated heterocycles. The third kappa shape index (κ3) is 5.15. The number of carboxylic acid groups (broad SMARTS) is 2. The first kappa shape index (κ1) is 24.3. The number of rotatable bonds is 7. The molecule has 0 aromatic heterocycles. The molecule has 1 spiro atoms. The van der Waals surface area contributed by atoms with E-state index < -0.39 is 45.9 Å². The van der Waals surface area contributed by atoms with Crippen molar-refractivity contribution in [3.63, 3.8) is 0 Å². The first-order valence-electron chi connectivity index (χ1n) is 9.31. The van der Waals surface area contributed by atoms with E-state index in [1.54, 1.807) is 0 Å². The first-order chi connectivity index (χ1) is 14.9. The van der Waals surface area contributed by atoms with Gasteiger partial charge in [0.05, 0.1) is 11.4 Å². The Labute approximate surface area is 192 Å². The molecule has 11 nitrogen and oxygen atoms in total. The zero-order valence-corrected chi connectivity index (χ0v) is 18.7. The average Bonchev–Trinajstić information content (AvgIpc) is 3.12. The van der Waals surface area contributed by atoms with Gasteiger partial charge in [0.2, 0.25) is 10.0 Å². The van der Waals surface area contributed by atoms with Gasteiger partial charge in [0, 0.05) is 18.1 Å². The number of aliphatic carboxylic acids is 2. The molecule has 0 aliphatic carbocycles. The summed E-state index contributed by atoms with van der Waals surface area (Å²) in [4.78, 5) is 39.7. The van der Waals surface area contributed by atoms with E-state index in [1.165, 1.54) is 28.6 Å². The highest BCUT2D eigenvalue weighted by molar-refractivity contribution is 7.89. The molecule has 1 atom stereocenters. The van der Waals surface area contributed by atoms with Gasteiger partial charge in [-0.2, -0.15) is 4.31 Å². The molecule has 1 amide bonds. The molecule has 2 aliphatic heterocycles. The second kappa shape index (κ2) is 9.24. The molecule has 32 heavy (non-hydrogen) atoms. The second-order valence-corrected chi connectivity index (χ2v) is 10.0. The number of sulfonamides is 1. The number of halogens is 2. The summed E-state index contributed by atoms with van der Waals surface area (Å²) in [5.74, 6) is -3.73. The van der Waals surface area contributed by atoms with Crippen LogP contribution < -0.4 is 10.8 Å². The number of hydrogen-bond acceptors (Lipinski definition) is 7. The lowest BCUT2D eigenvalue weighted by Gasteiger charge is -2.36. The lowest BCUT2D eigenvalue weighted by atomic mass is 9.92. The Kier molecular flexibility index (Phi) is 7.00. The van der Waals surface area contributed by atoms with Gasteiger partial charge in [-0.25, -0.2) is 13.2 Å². The molecular weight excluding hydrogens is 489 g/mol. The molecule has 2 heterocycles. The Morgan fingerprint density at radius 2 is 1.88 bits per heavy atom. The number of nitrogens with one attached hydrogen (secondary N) is 2. The van der Waals surface area contributed by atoms with Crippen molar-refractivity contribution in [2.24, 2.45) is 0 Å². The lowest BCUT2D eigenvalue weighted by Crippen LogP contribution is -2.46. The highest BCUT2D eigenvalue weighted by atomic mass is 35.5. The molecule has 0 radical (unpaired) electrons. The van der Waals surface area contributed by atoms with E-state index >= 15 is 0 Å². The number of hydroxylamine groups is 1. The van der Waals surface area contributed by atoms with E-state index in [-0.39, 0.29) is 46.6 Å². The van der Waals surface area contributed by atoms with Gasteiger partial charge in [0.25, 0.3) is 5.91 Å². The summed E-state index contributed by atoms with van der Waals surface area (Å²) in [5, 5.41) is 20.2. The van der Waals surface area contributed by atoms with Crippen LogP contribution in [0, 0.1) is 0 Å². The quantitative estimate of drug-likeness (QED) is 0.421. The lowest BCUT2D eigenvalue weighted by molar-refractivity contribution is -0.147. The fourth-order valence-corrected chi connectivity index (χ4v) is 5.55. The number of benzene rings is 1. The molecule has 2 aliphatic rings. The molecule has 0 saturated carbocycles. The van der Waals surface area contributed by atoms with Crippen molar-refractivity contribution in [1.29, 1.82) is 0 Å². The zero-order chi connectivity index (χ0) is 23.7. The van der Waals surface area contributed by atoms with Gasteiger partial charge < -0.3 is 15.5 Å². The number of piperidine rings is 1. The van der Waals surface area contributed by atoms with Crippen LogP contribution in [0.15, 0.2) is 34.9 Å². The van der Waals surface area contributed by atoms with Crippen molar-refractivity contribution >= 4 is 51.1 Å². The number of hydrogen-bond donors (Lipinski definition) is 4. The van der Waals surface area contributed by atoms with Gasteiger partial charge >= 0.3 is 11.9 Å². The van der Waals surface area contributed by atoms with Crippen molar-refractivity contribution in [3.05, 3.63) is 40.0 Å². The molecule has 4 N–H and O–H groups in total. The minimum atomic E-state index is -3.91. The average molecular weight is 508 g/mol. The van der Waals surface area contributed by atoms with Crippen molar-refractivity contribution in [3.8, 4) is 0 Å². The molecule has 1 aromatic rings. The smallest absolute Gasteiger partial charge is 0.326 e. The van der Waals surface area contributed by atoms with Gasteiger partial charge in [-0.15, -0.1) is 0 Å². The minimum absolute atomic E-state index is 0.0432. The molecule has 174 valence electrons. The molecule has 1 unspecified atom stereocenters. The minimum Gasteiger partial charge on any atom is -0.481 e. The monoisotopic (exact) mass is 507 g/mol. The van der Waals surface area contributed by atoms with Crippen LogP contribution in [-0.4, -0.2) is 65.5 Å². The summed E-state index contributed by atoms with van der Waals surface area (Å²) >= 11 is 11.9. The van der Waals surface area contributed by atoms with Crippen LogP contribution >= 0.6 is 23.2 Å². The highest BCUT2D eigenvalue weighted by Gasteiger charge is 2.43. The molecule has 14 heteroatoms. The number of carbonyl (C=O) groups is 3. The van der Waals surface area contributed by atoms with E-state index in [4.69, 9.17) is 38.3 Å². The third-order valence-electron chi connectivity index (χ3n) is 5.08. The topological polar surface area (TPSA) is 162 Å². The molecule has 0 bridgehead atoms. The van der Waals surface area contributed by atoms with E-state index in [0.29, 0.717) is 0 Å². The molecule has 1 aromatic carbocycles. The second-order valence-electron chi connectivity index (χ2n) is 7.27. The van der Waals surface area contributed by atoms with Gasteiger partial charge in [-0.1, -0.05) is 23.2 Å². The summed E-state index contributed by atoms with van der Waals surface area (Å²) < 4.78 is 27.1. The van der Waals surface area contributed by atoms with E-state index in [2.05, 4.69) is 10.8 Å². The summed E-state index contributed by atoms with van der Waals surface area (Å²) in [5.41, 5.74) is 1.35. The Hall–Kier alpha value is -2.38. The maximum absolute atomic E-state index is 13.0. The van der Waals surface area contributed by atoms with Crippen LogP contribution in [-0.2, 0) is 29.2 Å². The standard InChI is InChI=1S/C18H19Cl2N3O8S/c19-10-1-2-11(20)14(7-10)32(29,30)23-5-3-18(4-6-23)9-13(22-31-18)16(26)21-12(17(27)28)8-15(24)25/h1-2,7,9,12,22H,3-6,8H2,(H,21,26)(H,24,25)(H,27,28).